The number of carbonyl (C=O) groups is 1. The molecular formula is C18H18N2O4. The topological polar surface area (TPSA) is 84.6 Å². The van der Waals surface area contributed by atoms with E-state index in [1.165, 1.54) is 6.26 Å². The van der Waals surface area contributed by atoms with Crippen LogP contribution in [0.25, 0.3) is 10.9 Å². The van der Waals surface area contributed by atoms with Crippen LogP contribution < -0.4 is 10.1 Å². The van der Waals surface area contributed by atoms with Crippen LogP contribution in [0.3, 0.4) is 0 Å². The van der Waals surface area contributed by atoms with E-state index < -0.39 is 6.04 Å². The van der Waals surface area contributed by atoms with Crippen molar-refractivity contribution >= 4 is 16.8 Å². The number of amides is 1. The quantitative estimate of drug-likeness (QED) is 0.753. The van der Waals surface area contributed by atoms with Crippen molar-refractivity contribution in [2.75, 3.05) is 13.7 Å². The Morgan fingerprint density at radius 3 is 2.88 bits per heavy atom. The van der Waals surface area contributed by atoms with Crippen molar-refractivity contribution in [1.29, 1.82) is 0 Å². The molecule has 0 aliphatic rings. The Kier molecular flexibility index (Phi) is 4.48. The summed E-state index contributed by atoms with van der Waals surface area (Å²) in [5, 5.41) is 13.1. The Balaban J connectivity index is 1.90. The zero-order valence-electron chi connectivity index (χ0n) is 13.4. The predicted molar refractivity (Wildman–Crippen MR) is 89.0 cm³/mol. The van der Waals surface area contributed by atoms with Crippen molar-refractivity contribution in [3.05, 3.63) is 59.7 Å². The Morgan fingerprint density at radius 1 is 1.38 bits per heavy atom. The number of nitrogens with one attached hydrogen (secondary N) is 1. The van der Waals surface area contributed by atoms with Crippen LogP contribution in [0.15, 0.2) is 47.1 Å². The molecule has 0 saturated carbocycles. The molecule has 0 spiro atoms. The molecule has 2 aromatic heterocycles. The number of hydrogen-bond donors (Lipinski definition) is 2. The summed E-state index contributed by atoms with van der Waals surface area (Å²) in [5.74, 6) is 0.903. The van der Waals surface area contributed by atoms with Crippen molar-refractivity contribution < 1.29 is 19.1 Å². The van der Waals surface area contributed by atoms with E-state index in [0.717, 1.165) is 10.9 Å². The summed E-state index contributed by atoms with van der Waals surface area (Å²) in [4.78, 5) is 17.0. The molecule has 6 nitrogen and oxygen atoms in total. The molecule has 3 aromatic rings. The van der Waals surface area contributed by atoms with Crippen LogP contribution in [-0.2, 0) is 0 Å². The van der Waals surface area contributed by atoms with Gasteiger partial charge in [0.2, 0.25) is 0 Å². The van der Waals surface area contributed by atoms with Gasteiger partial charge in [0.25, 0.3) is 5.91 Å². The number of rotatable bonds is 5. The molecule has 0 fully saturated rings. The minimum Gasteiger partial charge on any atom is -0.497 e. The Morgan fingerprint density at radius 2 is 2.21 bits per heavy atom. The van der Waals surface area contributed by atoms with Crippen LogP contribution in [0.5, 0.6) is 5.75 Å². The molecule has 2 N–H and O–H groups in total. The highest BCUT2D eigenvalue weighted by Gasteiger charge is 2.19. The third kappa shape index (κ3) is 3.09. The fourth-order valence-corrected chi connectivity index (χ4v) is 2.53. The maximum absolute atomic E-state index is 12.6. The van der Waals surface area contributed by atoms with Crippen molar-refractivity contribution in [2.24, 2.45) is 0 Å². The number of furan rings is 1. The lowest BCUT2D eigenvalue weighted by molar-refractivity contribution is 0.0906. The van der Waals surface area contributed by atoms with Gasteiger partial charge in [-0.25, -0.2) is 0 Å². The average molecular weight is 326 g/mol. The van der Waals surface area contributed by atoms with Gasteiger partial charge in [-0.3, -0.25) is 9.78 Å². The molecule has 3 rings (SSSR count). The summed E-state index contributed by atoms with van der Waals surface area (Å²) >= 11 is 0. The van der Waals surface area contributed by atoms with Gasteiger partial charge >= 0.3 is 0 Å². The Labute approximate surface area is 139 Å². The average Bonchev–Trinajstić information content (AvgIpc) is 3.12. The summed E-state index contributed by atoms with van der Waals surface area (Å²) in [6.07, 6.45) is 1.50. The van der Waals surface area contributed by atoms with Gasteiger partial charge in [0.05, 0.1) is 36.8 Å². The van der Waals surface area contributed by atoms with Gasteiger partial charge in [0, 0.05) is 11.5 Å². The van der Waals surface area contributed by atoms with E-state index in [1.54, 1.807) is 32.2 Å². The SMILES string of the molecule is COc1ccc2cc(C(=O)NC(CO)c3ccco3)c(C)nc2c1. The molecule has 0 radical (unpaired) electrons. The minimum absolute atomic E-state index is 0.253. The van der Waals surface area contributed by atoms with Crippen LogP contribution in [0.4, 0.5) is 0 Å². The first-order chi connectivity index (χ1) is 11.6. The Bertz CT molecular complexity index is 859. The highest BCUT2D eigenvalue weighted by atomic mass is 16.5. The van der Waals surface area contributed by atoms with Crippen LogP contribution >= 0.6 is 0 Å². The van der Waals surface area contributed by atoms with Gasteiger partial charge < -0.3 is 19.6 Å². The molecule has 0 bridgehead atoms. The number of aliphatic hydroxyl groups excluding tert-OH is 1. The molecule has 0 saturated heterocycles. The van der Waals surface area contributed by atoms with Crippen molar-refractivity contribution in [3.8, 4) is 5.75 Å². The summed E-state index contributed by atoms with van der Waals surface area (Å²) in [6.45, 7) is 1.52. The first-order valence-electron chi connectivity index (χ1n) is 7.53. The molecule has 1 amide bonds. The largest absolute Gasteiger partial charge is 0.497 e. The number of hydrogen-bond acceptors (Lipinski definition) is 5. The third-order valence-electron chi connectivity index (χ3n) is 3.83. The van der Waals surface area contributed by atoms with Crippen molar-refractivity contribution in [1.82, 2.24) is 10.3 Å². The van der Waals surface area contributed by atoms with Gasteiger partial charge in [-0.2, -0.15) is 0 Å². The number of ether oxygens (including phenoxy) is 1. The molecule has 0 aliphatic carbocycles. The lowest BCUT2D eigenvalue weighted by Crippen LogP contribution is -2.31. The number of aromatic nitrogens is 1. The number of nitrogens with zero attached hydrogens (tertiary/aromatic N) is 1. The molecule has 2 heterocycles. The van der Waals surface area contributed by atoms with E-state index in [1.807, 2.05) is 18.2 Å². The lowest BCUT2D eigenvalue weighted by Gasteiger charge is -2.15. The maximum atomic E-state index is 12.6. The third-order valence-corrected chi connectivity index (χ3v) is 3.83. The van der Waals surface area contributed by atoms with Gasteiger partial charge in [0.1, 0.15) is 17.6 Å². The van der Waals surface area contributed by atoms with E-state index in [2.05, 4.69) is 10.3 Å². The normalized spacial score (nSPS) is 12.1. The second-order valence-corrected chi connectivity index (χ2v) is 5.40. The number of methoxy groups -OCH3 is 1. The van der Waals surface area contributed by atoms with E-state index in [4.69, 9.17) is 9.15 Å². The fourth-order valence-electron chi connectivity index (χ4n) is 2.53. The zero-order valence-corrected chi connectivity index (χ0v) is 13.4. The van der Waals surface area contributed by atoms with Crippen LogP contribution in [0.1, 0.15) is 27.9 Å². The van der Waals surface area contributed by atoms with Gasteiger partial charge in [0.15, 0.2) is 0 Å². The summed E-state index contributed by atoms with van der Waals surface area (Å²) in [6, 6.07) is 10.1. The van der Waals surface area contributed by atoms with Crippen LogP contribution in [-0.4, -0.2) is 29.7 Å². The summed E-state index contributed by atoms with van der Waals surface area (Å²) < 4.78 is 10.4. The minimum atomic E-state index is -0.599. The van der Waals surface area contributed by atoms with Gasteiger partial charge in [-0.05, 0) is 37.3 Å². The highest BCUT2D eigenvalue weighted by Crippen LogP contribution is 2.22. The monoisotopic (exact) mass is 326 g/mol. The molecule has 0 aliphatic heterocycles. The first kappa shape index (κ1) is 16.0. The van der Waals surface area contributed by atoms with Crippen LogP contribution in [0, 0.1) is 6.92 Å². The number of aliphatic hydroxyl groups is 1. The standard InChI is InChI=1S/C18H18N2O4/c1-11-14(8-12-5-6-13(23-2)9-15(12)19-11)18(22)20-16(10-21)17-4-3-7-24-17/h3-9,16,21H,10H2,1-2H3,(H,20,22). The van der Waals surface area contributed by atoms with E-state index in [9.17, 15) is 9.90 Å². The summed E-state index contributed by atoms with van der Waals surface area (Å²) in [5.41, 5.74) is 1.82. The van der Waals surface area contributed by atoms with Gasteiger partial charge in [-0.1, -0.05) is 0 Å². The van der Waals surface area contributed by atoms with E-state index in [0.29, 0.717) is 22.8 Å². The second kappa shape index (κ2) is 6.72. The fraction of sp³-hybridized carbons (Fsp3) is 0.222. The second-order valence-electron chi connectivity index (χ2n) is 5.40. The molecule has 24 heavy (non-hydrogen) atoms. The smallest absolute Gasteiger partial charge is 0.253 e. The van der Waals surface area contributed by atoms with E-state index in [-0.39, 0.29) is 12.5 Å². The van der Waals surface area contributed by atoms with Gasteiger partial charge in [-0.15, -0.1) is 0 Å². The molecular weight excluding hydrogens is 308 g/mol. The number of benzene rings is 1. The van der Waals surface area contributed by atoms with Crippen molar-refractivity contribution in [2.45, 2.75) is 13.0 Å². The predicted octanol–water partition coefficient (Wildman–Crippen LogP) is 2.61. The maximum Gasteiger partial charge on any atom is 0.253 e. The molecule has 6 heteroatoms. The highest BCUT2D eigenvalue weighted by molar-refractivity contribution is 5.99. The number of carbonyl (C=O) groups excluding carboxylic acids is 1. The van der Waals surface area contributed by atoms with E-state index >= 15 is 0 Å². The molecule has 1 aromatic carbocycles. The molecule has 124 valence electrons. The number of aryl methyl sites for hydroxylation is 1. The molecule has 1 atom stereocenters. The van der Waals surface area contributed by atoms with Crippen LogP contribution in [0.2, 0.25) is 0 Å². The first-order valence-corrected chi connectivity index (χ1v) is 7.53. The lowest BCUT2D eigenvalue weighted by atomic mass is 10.1. The number of pyridine rings is 1. The molecule has 1 unspecified atom stereocenters. The number of fused-ring (bicyclic) bond motifs is 1. The van der Waals surface area contributed by atoms with Crippen molar-refractivity contribution in [3.63, 3.8) is 0 Å². The summed E-state index contributed by atoms with van der Waals surface area (Å²) in [7, 11) is 1.60. The zero-order chi connectivity index (χ0) is 17.1. The Hall–Kier alpha value is -2.86.